The van der Waals surface area contributed by atoms with Crippen LogP contribution in [-0.2, 0) is 14.1 Å². The number of hydrogen-bond acceptors (Lipinski definition) is 4. The first-order valence-electron chi connectivity index (χ1n) is 8.60. The quantitative estimate of drug-likeness (QED) is 0.860. The van der Waals surface area contributed by atoms with E-state index in [0.717, 1.165) is 23.8 Å². The fraction of sp³-hybridized carbons (Fsp3) is 0.556. The third-order valence-corrected chi connectivity index (χ3v) is 4.33. The number of rotatable bonds is 6. The minimum atomic E-state index is -0.468. The van der Waals surface area contributed by atoms with Crippen LogP contribution in [0.4, 0.5) is 0 Å². The Morgan fingerprint density at radius 1 is 1.12 bits per heavy atom. The standard InChI is InChI=1S/C18H26N4O3/c1-11(2)7-6-8-12(3)19-16(23)14-10-9-13-15(20-14)21(4)18(25)22(5)17(13)24/h9-12H,6-8H2,1-5H3,(H,19,23). The Kier molecular flexibility index (Phi) is 5.77. The van der Waals surface area contributed by atoms with E-state index >= 15 is 0 Å². The van der Waals surface area contributed by atoms with Gasteiger partial charge < -0.3 is 5.32 Å². The zero-order valence-electron chi connectivity index (χ0n) is 15.5. The maximum absolute atomic E-state index is 12.4. The first-order chi connectivity index (χ1) is 11.7. The zero-order valence-corrected chi connectivity index (χ0v) is 15.5. The minimum absolute atomic E-state index is 0.0382. The second-order valence-electron chi connectivity index (χ2n) is 6.97. The summed E-state index contributed by atoms with van der Waals surface area (Å²) < 4.78 is 2.31. The number of amides is 1. The van der Waals surface area contributed by atoms with E-state index < -0.39 is 11.2 Å². The smallest absolute Gasteiger partial charge is 0.332 e. The average molecular weight is 346 g/mol. The maximum Gasteiger partial charge on any atom is 0.332 e. The largest absolute Gasteiger partial charge is 0.348 e. The van der Waals surface area contributed by atoms with Gasteiger partial charge >= 0.3 is 5.69 Å². The Hall–Kier alpha value is -2.44. The van der Waals surface area contributed by atoms with Crippen molar-refractivity contribution in [3.63, 3.8) is 0 Å². The Morgan fingerprint density at radius 3 is 2.44 bits per heavy atom. The van der Waals surface area contributed by atoms with E-state index in [9.17, 15) is 14.4 Å². The molecular weight excluding hydrogens is 320 g/mol. The summed E-state index contributed by atoms with van der Waals surface area (Å²) in [5.41, 5.74) is -0.469. The number of nitrogens with zero attached hydrogens (tertiary/aromatic N) is 3. The highest BCUT2D eigenvalue weighted by atomic mass is 16.2. The average Bonchev–Trinajstić information content (AvgIpc) is 2.57. The highest BCUT2D eigenvalue weighted by Gasteiger charge is 2.15. The van der Waals surface area contributed by atoms with Crippen LogP contribution in [0.1, 0.15) is 50.5 Å². The van der Waals surface area contributed by atoms with Gasteiger partial charge in [-0.2, -0.15) is 0 Å². The van der Waals surface area contributed by atoms with Gasteiger partial charge in [-0.15, -0.1) is 0 Å². The van der Waals surface area contributed by atoms with Gasteiger partial charge in [0.1, 0.15) is 11.3 Å². The van der Waals surface area contributed by atoms with Crippen LogP contribution in [0, 0.1) is 5.92 Å². The number of hydrogen-bond donors (Lipinski definition) is 1. The van der Waals surface area contributed by atoms with E-state index in [-0.39, 0.29) is 23.3 Å². The van der Waals surface area contributed by atoms with Crippen molar-refractivity contribution in [3.05, 3.63) is 38.7 Å². The fourth-order valence-electron chi connectivity index (χ4n) is 2.78. The van der Waals surface area contributed by atoms with Gasteiger partial charge in [-0.3, -0.25) is 18.7 Å². The van der Waals surface area contributed by atoms with E-state index in [2.05, 4.69) is 24.1 Å². The van der Waals surface area contributed by atoms with Gasteiger partial charge in [-0.1, -0.05) is 26.7 Å². The van der Waals surface area contributed by atoms with Crippen molar-refractivity contribution >= 4 is 16.9 Å². The molecule has 0 saturated heterocycles. The molecule has 0 aliphatic heterocycles. The van der Waals surface area contributed by atoms with Gasteiger partial charge in [0.2, 0.25) is 0 Å². The van der Waals surface area contributed by atoms with Crippen LogP contribution >= 0.6 is 0 Å². The normalized spacial score (nSPS) is 12.6. The molecule has 0 aliphatic carbocycles. The third kappa shape index (κ3) is 4.15. The number of nitrogens with one attached hydrogen (secondary N) is 1. The lowest BCUT2D eigenvalue weighted by molar-refractivity contribution is 0.0933. The van der Waals surface area contributed by atoms with Crippen molar-refractivity contribution in [3.8, 4) is 0 Å². The molecule has 2 aromatic rings. The van der Waals surface area contributed by atoms with E-state index in [0.29, 0.717) is 11.3 Å². The van der Waals surface area contributed by atoms with Crippen molar-refractivity contribution in [2.75, 3.05) is 0 Å². The summed E-state index contributed by atoms with van der Waals surface area (Å²) in [6.07, 6.45) is 3.07. The predicted octanol–water partition coefficient (Wildman–Crippen LogP) is 1.58. The van der Waals surface area contributed by atoms with E-state index in [1.54, 1.807) is 6.07 Å². The molecule has 25 heavy (non-hydrogen) atoms. The van der Waals surface area contributed by atoms with Crippen LogP contribution in [0.2, 0.25) is 0 Å². The number of aryl methyl sites for hydroxylation is 1. The van der Waals surface area contributed by atoms with Crippen molar-refractivity contribution < 1.29 is 4.79 Å². The van der Waals surface area contributed by atoms with Crippen LogP contribution in [0.3, 0.4) is 0 Å². The molecule has 0 saturated carbocycles. The number of carbonyl (C=O) groups is 1. The molecule has 1 amide bonds. The van der Waals surface area contributed by atoms with Crippen molar-refractivity contribution in [2.45, 2.75) is 46.1 Å². The van der Waals surface area contributed by atoms with E-state index in [4.69, 9.17) is 0 Å². The monoisotopic (exact) mass is 346 g/mol. The molecule has 2 rings (SSSR count). The highest BCUT2D eigenvalue weighted by Crippen LogP contribution is 2.10. The summed E-state index contributed by atoms with van der Waals surface area (Å²) in [7, 11) is 2.96. The molecule has 1 N–H and O–H groups in total. The van der Waals surface area contributed by atoms with Crippen LogP contribution in [0.15, 0.2) is 21.7 Å². The number of pyridine rings is 1. The summed E-state index contributed by atoms with van der Waals surface area (Å²) in [5, 5.41) is 3.23. The Balaban J connectivity index is 2.23. The number of carbonyl (C=O) groups excluding carboxylic acids is 1. The van der Waals surface area contributed by atoms with Crippen molar-refractivity contribution in [1.82, 2.24) is 19.4 Å². The molecule has 1 atom stereocenters. The third-order valence-electron chi connectivity index (χ3n) is 4.33. The van der Waals surface area contributed by atoms with Crippen LogP contribution < -0.4 is 16.6 Å². The summed E-state index contributed by atoms with van der Waals surface area (Å²) >= 11 is 0. The molecule has 2 heterocycles. The SMILES string of the molecule is CC(C)CCCC(C)NC(=O)c1ccc2c(=O)n(C)c(=O)n(C)c2n1. The Morgan fingerprint density at radius 2 is 1.80 bits per heavy atom. The topological polar surface area (TPSA) is 86.0 Å². The number of fused-ring (bicyclic) bond motifs is 1. The molecule has 0 aliphatic rings. The van der Waals surface area contributed by atoms with E-state index in [1.807, 2.05) is 6.92 Å². The second-order valence-corrected chi connectivity index (χ2v) is 6.97. The van der Waals surface area contributed by atoms with Gasteiger partial charge in [-0.05, 0) is 31.4 Å². The summed E-state index contributed by atoms with van der Waals surface area (Å²) in [4.78, 5) is 40.8. The molecule has 0 radical (unpaired) electrons. The van der Waals surface area contributed by atoms with Crippen LogP contribution in [-0.4, -0.2) is 26.1 Å². The van der Waals surface area contributed by atoms with Gasteiger partial charge in [0.05, 0.1) is 5.39 Å². The summed E-state index contributed by atoms with van der Waals surface area (Å²) in [5.74, 6) is 0.348. The molecule has 7 nitrogen and oxygen atoms in total. The van der Waals surface area contributed by atoms with Gasteiger partial charge in [0.25, 0.3) is 11.5 Å². The van der Waals surface area contributed by atoms with Crippen LogP contribution in [0.5, 0.6) is 0 Å². The van der Waals surface area contributed by atoms with E-state index in [1.165, 1.54) is 24.7 Å². The van der Waals surface area contributed by atoms with Crippen LogP contribution in [0.25, 0.3) is 11.0 Å². The van der Waals surface area contributed by atoms with Gasteiger partial charge in [0, 0.05) is 20.1 Å². The van der Waals surface area contributed by atoms with Gasteiger partial charge in [0.15, 0.2) is 0 Å². The molecule has 7 heteroatoms. The molecule has 0 bridgehead atoms. The molecule has 136 valence electrons. The molecular formula is C18H26N4O3. The highest BCUT2D eigenvalue weighted by molar-refractivity contribution is 5.94. The molecule has 1 unspecified atom stereocenters. The first-order valence-corrected chi connectivity index (χ1v) is 8.60. The lowest BCUT2D eigenvalue weighted by atomic mass is 10.0. The van der Waals surface area contributed by atoms with Gasteiger partial charge in [-0.25, -0.2) is 9.78 Å². The molecule has 0 fully saturated rings. The molecule has 2 aromatic heterocycles. The molecule has 0 spiro atoms. The minimum Gasteiger partial charge on any atom is -0.348 e. The number of aromatic nitrogens is 3. The van der Waals surface area contributed by atoms with Crippen molar-refractivity contribution in [1.29, 1.82) is 0 Å². The predicted molar refractivity (Wildman–Crippen MR) is 97.8 cm³/mol. The summed E-state index contributed by atoms with van der Waals surface area (Å²) in [6, 6.07) is 3.10. The fourth-order valence-corrected chi connectivity index (χ4v) is 2.78. The lowest BCUT2D eigenvalue weighted by Crippen LogP contribution is -2.38. The maximum atomic E-state index is 12.4. The zero-order chi connectivity index (χ0) is 18.7. The second kappa shape index (κ2) is 7.63. The lowest BCUT2D eigenvalue weighted by Gasteiger charge is -2.14. The summed E-state index contributed by atoms with van der Waals surface area (Å²) in [6.45, 7) is 6.32. The Bertz CT molecular complexity index is 896. The first kappa shape index (κ1) is 18.9. The Labute approximate surface area is 146 Å². The molecule has 0 aromatic carbocycles. The van der Waals surface area contributed by atoms with Crippen molar-refractivity contribution in [2.24, 2.45) is 20.0 Å².